The summed E-state index contributed by atoms with van der Waals surface area (Å²) in [6.45, 7) is 0. The first-order chi connectivity index (χ1) is 8.99. The molecule has 0 spiro atoms. The van der Waals surface area contributed by atoms with E-state index in [0.29, 0.717) is 10.7 Å². The molecule has 19 heavy (non-hydrogen) atoms. The van der Waals surface area contributed by atoms with Crippen molar-refractivity contribution in [1.29, 1.82) is 0 Å². The van der Waals surface area contributed by atoms with E-state index in [-0.39, 0.29) is 0 Å². The molecule has 0 atom stereocenters. The van der Waals surface area contributed by atoms with Gasteiger partial charge in [0, 0.05) is 0 Å². The Morgan fingerprint density at radius 2 is 1.89 bits per heavy atom. The second kappa shape index (κ2) is 5.24. The third kappa shape index (κ3) is 2.82. The van der Waals surface area contributed by atoms with Crippen molar-refractivity contribution in [2.24, 2.45) is 0 Å². The second-order valence-corrected chi connectivity index (χ2v) is 4.20. The molecule has 1 amide bonds. The fourth-order valence-electron chi connectivity index (χ4n) is 1.53. The molecular formula is C13H9ClF2N2O. The fourth-order valence-corrected chi connectivity index (χ4v) is 1.71. The average molecular weight is 283 g/mol. The summed E-state index contributed by atoms with van der Waals surface area (Å²) in [5.74, 6) is -2.58. The summed E-state index contributed by atoms with van der Waals surface area (Å²) in [6, 6.07) is 8.02. The number of hydrogen-bond donors (Lipinski definition) is 2. The maximum Gasteiger partial charge on any atom is 0.258 e. The number of rotatable bonds is 2. The van der Waals surface area contributed by atoms with Crippen LogP contribution in [0.3, 0.4) is 0 Å². The molecule has 0 aromatic heterocycles. The molecule has 3 N–H and O–H groups in total. The van der Waals surface area contributed by atoms with E-state index in [2.05, 4.69) is 5.32 Å². The molecule has 2 rings (SSSR count). The highest BCUT2D eigenvalue weighted by atomic mass is 35.5. The number of halogens is 3. The highest BCUT2D eigenvalue weighted by Gasteiger charge is 2.16. The van der Waals surface area contributed by atoms with Gasteiger partial charge in [-0.05, 0) is 24.3 Å². The Labute approximate surface area is 113 Å². The largest absolute Gasteiger partial charge is 0.396 e. The maximum absolute atomic E-state index is 13.6. The number of benzene rings is 2. The van der Waals surface area contributed by atoms with Gasteiger partial charge in [0.2, 0.25) is 0 Å². The van der Waals surface area contributed by atoms with Crippen molar-refractivity contribution in [3.63, 3.8) is 0 Å². The summed E-state index contributed by atoms with van der Waals surface area (Å²) >= 11 is 5.85. The lowest BCUT2D eigenvalue weighted by molar-refractivity contribution is 0.102. The molecule has 0 unspecified atom stereocenters. The SMILES string of the molecule is Nc1cc(F)cc(C(=O)Nc2ccccc2Cl)c1F. The highest BCUT2D eigenvalue weighted by molar-refractivity contribution is 6.33. The minimum atomic E-state index is -0.967. The number of nitrogens with one attached hydrogen (secondary N) is 1. The summed E-state index contributed by atoms with van der Waals surface area (Å²) in [5.41, 5.74) is 4.66. The molecule has 0 heterocycles. The molecule has 2 aromatic rings. The van der Waals surface area contributed by atoms with Crippen LogP contribution in [0, 0.1) is 11.6 Å². The van der Waals surface area contributed by atoms with Gasteiger partial charge in [0.25, 0.3) is 5.91 Å². The van der Waals surface area contributed by atoms with Crippen LogP contribution in [0.1, 0.15) is 10.4 Å². The minimum absolute atomic E-state index is 0.292. The van der Waals surface area contributed by atoms with Crippen LogP contribution in [0.15, 0.2) is 36.4 Å². The number of nitrogen functional groups attached to an aromatic ring is 1. The van der Waals surface area contributed by atoms with Crippen molar-refractivity contribution < 1.29 is 13.6 Å². The Morgan fingerprint density at radius 1 is 1.21 bits per heavy atom. The van der Waals surface area contributed by atoms with Gasteiger partial charge in [-0.1, -0.05) is 23.7 Å². The summed E-state index contributed by atoms with van der Waals surface area (Å²) in [4.78, 5) is 11.9. The van der Waals surface area contributed by atoms with Crippen molar-refractivity contribution in [3.8, 4) is 0 Å². The van der Waals surface area contributed by atoms with Gasteiger partial charge in [-0.2, -0.15) is 0 Å². The van der Waals surface area contributed by atoms with E-state index < -0.39 is 28.8 Å². The normalized spacial score (nSPS) is 10.3. The zero-order valence-corrected chi connectivity index (χ0v) is 10.3. The third-order valence-corrected chi connectivity index (χ3v) is 2.76. The number of carbonyl (C=O) groups excluding carboxylic acids is 1. The van der Waals surface area contributed by atoms with Gasteiger partial charge in [0.15, 0.2) is 5.82 Å². The molecule has 98 valence electrons. The van der Waals surface area contributed by atoms with Crippen LogP contribution in [0.25, 0.3) is 0 Å². The molecular weight excluding hydrogens is 274 g/mol. The van der Waals surface area contributed by atoms with Crippen molar-refractivity contribution in [3.05, 3.63) is 58.6 Å². The zero-order valence-electron chi connectivity index (χ0n) is 9.58. The quantitative estimate of drug-likeness (QED) is 0.829. The third-order valence-electron chi connectivity index (χ3n) is 2.43. The van der Waals surface area contributed by atoms with E-state index in [9.17, 15) is 13.6 Å². The molecule has 3 nitrogen and oxygen atoms in total. The predicted molar refractivity (Wildman–Crippen MR) is 70.2 cm³/mol. The lowest BCUT2D eigenvalue weighted by atomic mass is 10.1. The first-order valence-corrected chi connectivity index (χ1v) is 5.67. The van der Waals surface area contributed by atoms with Gasteiger partial charge in [-0.25, -0.2) is 8.78 Å². The van der Waals surface area contributed by atoms with Crippen molar-refractivity contribution >= 4 is 28.9 Å². The summed E-state index contributed by atoms with van der Waals surface area (Å²) in [5, 5.41) is 2.68. The van der Waals surface area contributed by atoms with Crippen molar-refractivity contribution in [1.82, 2.24) is 0 Å². The van der Waals surface area contributed by atoms with Gasteiger partial charge in [0.1, 0.15) is 5.82 Å². The van der Waals surface area contributed by atoms with Crippen LogP contribution in [-0.2, 0) is 0 Å². The van der Waals surface area contributed by atoms with Crippen LogP contribution < -0.4 is 11.1 Å². The van der Waals surface area contributed by atoms with E-state index in [1.807, 2.05) is 0 Å². The highest BCUT2D eigenvalue weighted by Crippen LogP contribution is 2.23. The topological polar surface area (TPSA) is 55.1 Å². The van der Waals surface area contributed by atoms with E-state index in [0.717, 1.165) is 12.1 Å². The van der Waals surface area contributed by atoms with Gasteiger partial charge < -0.3 is 11.1 Å². The lowest BCUT2D eigenvalue weighted by Crippen LogP contribution is -2.15. The van der Waals surface area contributed by atoms with Gasteiger partial charge in [-0.15, -0.1) is 0 Å². The second-order valence-electron chi connectivity index (χ2n) is 3.79. The number of anilines is 2. The molecule has 0 aliphatic heterocycles. The van der Waals surface area contributed by atoms with Gasteiger partial charge >= 0.3 is 0 Å². The summed E-state index contributed by atoms with van der Waals surface area (Å²) < 4.78 is 26.8. The number of carbonyl (C=O) groups is 1. The van der Waals surface area contributed by atoms with Crippen molar-refractivity contribution in [2.75, 3.05) is 11.1 Å². The maximum atomic E-state index is 13.6. The molecule has 0 aliphatic rings. The smallest absolute Gasteiger partial charge is 0.258 e. The molecule has 0 saturated carbocycles. The van der Waals surface area contributed by atoms with Crippen LogP contribution in [0.4, 0.5) is 20.2 Å². The molecule has 0 saturated heterocycles. The Bertz CT molecular complexity index is 647. The van der Waals surface area contributed by atoms with Gasteiger partial charge in [-0.3, -0.25) is 4.79 Å². The molecule has 0 radical (unpaired) electrons. The molecule has 0 fully saturated rings. The zero-order chi connectivity index (χ0) is 14.0. The number of para-hydroxylation sites is 1. The van der Waals surface area contributed by atoms with E-state index in [1.165, 1.54) is 0 Å². The molecule has 0 aliphatic carbocycles. The van der Waals surface area contributed by atoms with Gasteiger partial charge in [0.05, 0.1) is 22.0 Å². The Hall–Kier alpha value is -2.14. The van der Waals surface area contributed by atoms with Crippen LogP contribution in [-0.4, -0.2) is 5.91 Å². The first kappa shape index (κ1) is 13.3. The Balaban J connectivity index is 2.33. The molecule has 0 bridgehead atoms. The van der Waals surface area contributed by atoms with Crippen LogP contribution in [0.5, 0.6) is 0 Å². The first-order valence-electron chi connectivity index (χ1n) is 5.29. The molecule has 2 aromatic carbocycles. The average Bonchev–Trinajstić information content (AvgIpc) is 2.36. The van der Waals surface area contributed by atoms with Crippen molar-refractivity contribution in [2.45, 2.75) is 0 Å². The Kier molecular flexibility index (Phi) is 3.66. The standard InChI is InChI=1S/C13H9ClF2N2O/c14-9-3-1-2-4-11(9)18-13(19)8-5-7(15)6-10(17)12(8)16/h1-6H,17H2,(H,18,19). The lowest BCUT2D eigenvalue weighted by Gasteiger charge is -2.09. The number of nitrogens with two attached hydrogens (primary N) is 1. The van der Waals surface area contributed by atoms with Crippen LogP contribution >= 0.6 is 11.6 Å². The summed E-state index contributed by atoms with van der Waals surface area (Å²) in [6.07, 6.45) is 0. The molecule has 6 heteroatoms. The van der Waals surface area contributed by atoms with E-state index in [4.69, 9.17) is 17.3 Å². The monoisotopic (exact) mass is 282 g/mol. The predicted octanol–water partition coefficient (Wildman–Crippen LogP) is 3.45. The summed E-state index contributed by atoms with van der Waals surface area (Å²) in [7, 11) is 0. The minimum Gasteiger partial charge on any atom is -0.396 e. The Morgan fingerprint density at radius 3 is 2.58 bits per heavy atom. The number of amides is 1. The van der Waals surface area contributed by atoms with Crippen LogP contribution in [0.2, 0.25) is 5.02 Å². The van der Waals surface area contributed by atoms with E-state index in [1.54, 1.807) is 24.3 Å². The number of hydrogen-bond acceptors (Lipinski definition) is 2. The van der Waals surface area contributed by atoms with E-state index >= 15 is 0 Å². The fraction of sp³-hybridized carbons (Fsp3) is 0.